The normalized spacial score (nSPS) is 12.8. The molecular weight excluding hydrogens is 248 g/mol. The first-order valence-corrected chi connectivity index (χ1v) is 6.74. The number of nitrogens with zero attached hydrogens (tertiary/aromatic N) is 1. The Morgan fingerprint density at radius 2 is 1.85 bits per heavy atom. The first-order chi connectivity index (χ1) is 9.54. The number of hydrogen-bond acceptors (Lipinski definition) is 3. The van der Waals surface area contributed by atoms with Gasteiger partial charge in [-0.15, -0.1) is 0 Å². The highest BCUT2D eigenvalue weighted by Gasteiger charge is 2.16. The van der Waals surface area contributed by atoms with Crippen molar-refractivity contribution < 1.29 is 4.42 Å². The number of fused-ring (bicyclic) bond motifs is 1. The number of pyridine rings is 1. The summed E-state index contributed by atoms with van der Waals surface area (Å²) in [6.45, 7) is 6.12. The molecule has 1 aromatic carbocycles. The van der Waals surface area contributed by atoms with Gasteiger partial charge < -0.3 is 10.2 Å². The zero-order chi connectivity index (χ0) is 14.3. The van der Waals surface area contributed by atoms with Crippen LogP contribution in [0.1, 0.15) is 34.2 Å². The zero-order valence-electron chi connectivity index (χ0n) is 12.0. The van der Waals surface area contributed by atoms with Crippen molar-refractivity contribution >= 4 is 11.1 Å². The molecule has 0 aliphatic carbocycles. The van der Waals surface area contributed by atoms with Gasteiger partial charge in [-0.2, -0.15) is 0 Å². The third-order valence-corrected chi connectivity index (χ3v) is 3.60. The molecule has 1 atom stereocenters. The third kappa shape index (κ3) is 2.21. The van der Waals surface area contributed by atoms with Gasteiger partial charge in [-0.3, -0.25) is 0 Å². The van der Waals surface area contributed by atoms with Gasteiger partial charge in [-0.05, 0) is 44.0 Å². The SMILES string of the molecule is Cc1ccc(C(N)c2cc3nc(C)ccc3o2)c(C)c1. The molecule has 3 rings (SSSR count). The van der Waals surface area contributed by atoms with Crippen LogP contribution in [-0.2, 0) is 0 Å². The average molecular weight is 266 g/mol. The fourth-order valence-electron chi connectivity index (χ4n) is 2.53. The summed E-state index contributed by atoms with van der Waals surface area (Å²) in [5.74, 6) is 0.755. The van der Waals surface area contributed by atoms with Gasteiger partial charge in [0.1, 0.15) is 11.3 Å². The maximum absolute atomic E-state index is 6.35. The first-order valence-electron chi connectivity index (χ1n) is 6.74. The van der Waals surface area contributed by atoms with Crippen LogP contribution in [0.15, 0.2) is 40.8 Å². The van der Waals surface area contributed by atoms with Crippen molar-refractivity contribution in [1.82, 2.24) is 4.98 Å². The number of furan rings is 1. The highest BCUT2D eigenvalue weighted by atomic mass is 16.3. The second-order valence-corrected chi connectivity index (χ2v) is 5.32. The molecule has 2 N–H and O–H groups in total. The maximum Gasteiger partial charge on any atom is 0.152 e. The molecule has 0 fully saturated rings. The van der Waals surface area contributed by atoms with Crippen LogP contribution in [0.25, 0.3) is 11.1 Å². The van der Waals surface area contributed by atoms with E-state index < -0.39 is 0 Å². The molecule has 0 spiro atoms. The fraction of sp³-hybridized carbons (Fsp3) is 0.235. The first kappa shape index (κ1) is 12.9. The van der Waals surface area contributed by atoms with E-state index >= 15 is 0 Å². The molecular formula is C17H18N2O. The minimum atomic E-state index is -0.259. The lowest BCUT2D eigenvalue weighted by Gasteiger charge is -2.12. The van der Waals surface area contributed by atoms with E-state index in [4.69, 9.17) is 10.2 Å². The second kappa shape index (κ2) is 4.76. The zero-order valence-corrected chi connectivity index (χ0v) is 12.0. The van der Waals surface area contributed by atoms with Crippen molar-refractivity contribution in [2.24, 2.45) is 5.73 Å². The standard InChI is InChI=1S/C17H18N2O/c1-10-4-6-13(11(2)8-10)17(18)16-9-14-15(20-16)7-5-12(3)19-14/h4-9,17H,18H2,1-3H3. The molecule has 3 aromatic rings. The van der Waals surface area contributed by atoms with Gasteiger partial charge in [0.15, 0.2) is 5.58 Å². The maximum atomic E-state index is 6.35. The quantitative estimate of drug-likeness (QED) is 0.767. The van der Waals surface area contributed by atoms with Crippen molar-refractivity contribution in [2.75, 3.05) is 0 Å². The van der Waals surface area contributed by atoms with Crippen molar-refractivity contribution in [1.29, 1.82) is 0 Å². The number of aryl methyl sites for hydroxylation is 3. The van der Waals surface area contributed by atoms with Crippen LogP contribution >= 0.6 is 0 Å². The van der Waals surface area contributed by atoms with Crippen LogP contribution in [0.2, 0.25) is 0 Å². The minimum Gasteiger partial charge on any atom is -0.457 e. The van der Waals surface area contributed by atoms with Gasteiger partial charge in [0.05, 0.1) is 6.04 Å². The smallest absolute Gasteiger partial charge is 0.152 e. The second-order valence-electron chi connectivity index (χ2n) is 5.32. The van der Waals surface area contributed by atoms with E-state index in [0.29, 0.717) is 0 Å². The fourth-order valence-corrected chi connectivity index (χ4v) is 2.53. The minimum absolute atomic E-state index is 0.259. The molecule has 2 heterocycles. The van der Waals surface area contributed by atoms with E-state index in [-0.39, 0.29) is 6.04 Å². The van der Waals surface area contributed by atoms with Gasteiger partial charge in [-0.25, -0.2) is 4.98 Å². The van der Waals surface area contributed by atoms with Crippen LogP contribution in [0.3, 0.4) is 0 Å². The molecule has 102 valence electrons. The summed E-state index contributed by atoms with van der Waals surface area (Å²) in [7, 11) is 0. The van der Waals surface area contributed by atoms with E-state index in [1.807, 2.05) is 25.1 Å². The van der Waals surface area contributed by atoms with E-state index in [1.54, 1.807) is 0 Å². The summed E-state index contributed by atoms with van der Waals surface area (Å²) in [4.78, 5) is 4.46. The van der Waals surface area contributed by atoms with Gasteiger partial charge >= 0.3 is 0 Å². The van der Waals surface area contributed by atoms with Crippen LogP contribution < -0.4 is 5.73 Å². The molecule has 0 amide bonds. The van der Waals surface area contributed by atoms with E-state index in [1.165, 1.54) is 11.1 Å². The molecule has 3 nitrogen and oxygen atoms in total. The summed E-state index contributed by atoms with van der Waals surface area (Å²) in [6, 6.07) is 11.8. The Morgan fingerprint density at radius 3 is 2.60 bits per heavy atom. The number of nitrogens with two attached hydrogens (primary N) is 1. The van der Waals surface area contributed by atoms with E-state index in [9.17, 15) is 0 Å². The number of hydrogen-bond donors (Lipinski definition) is 1. The lowest BCUT2D eigenvalue weighted by Crippen LogP contribution is -2.12. The predicted octanol–water partition coefficient (Wildman–Crippen LogP) is 3.80. The molecule has 0 radical (unpaired) electrons. The van der Waals surface area contributed by atoms with Gasteiger partial charge in [0.2, 0.25) is 0 Å². The highest BCUT2D eigenvalue weighted by molar-refractivity contribution is 5.73. The van der Waals surface area contributed by atoms with Crippen LogP contribution in [0.4, 0.5) is 0 Å². The number of aromatic nitrogens is 1. The third-order valence-electron chi connectivity index (χ3n) is 3.60. The topological polar surface area (TPSA) is 52.0 Å². The molecule has 0 aliphatic rings. The molecule has 3 heteroatoms. The highest BCUT2D eigenvalue weighted by Crippen LogP contribution is 2.28. The van der Waals surface area contributed by atoms with E-state index in [2.05, 4.69) is 37.0 Å². The van der Waals surface area contributed by atoms with Crippen molar-refractivity contribution in [3.63, 3.8) is 0 Å². The largest absolute Gasteiger partial charge is 0.457 e. The molecule has 1 unspecified atom stereocenters. The average Bonchev–Trinajstić information content (AvgIpc) is 2.81. The van der Waals surface area contributed by atoms with Crippen molar-refractivity contribution in [3.05, 3.63) is 64.5 Å². The van der Waals surface area contributed by atoms with Crippen LogP contribution in [-0.4, -0.2) is 4.98 Å². The van der Waals surface area contributed by atoms with Gasteiger partial charge in [-0.1, -0.05) is 23.8 Å². The Labute approximate surface area is 118 Å². The Kier molecular flexibility index (Phi) is 3.07. The Hall–Kier alpha value is -2.13. The Balaban J connectivity index is 2.05. The molecule has 0 aliphatic heterocycles. The summed E-state index contributed by atoms with van der Waals surface area (Å²) in [5, 5.41) is 0. The van der Waals surface area contributed by atoms with Gasteiger partial charge in [0.25, 0.3) is 0 Å². The Bertz CT molecular complexity index is 774. The molecule has 0 bridgehead atoms. The van der Waals surface area contributed by atoms with E-state index in [0.717, 1.165) is 28.1 Å². The summed E-state index contributed by atoms with van der Waals surface area (Å²) in [5.41, 5.74) is 12.5. The number of benzene rings is 1. The summed E-state index contributed by atoms with van der Waals surface area (Å²) in [6.07, 6.45) is 0. The molecule has 0 saturated carbocycles. The summed E-state index contributed by atoms with van der Waals surface area (Å²) < 4.78 is 5.84. The van der Waals surface area contributed by atoms with Crippen LogP contribution in [0.5, 0.6) is 0 Å². The Morgan fingerprint density at radius 1 is 1.05 bits per heavy atom. The van der Waals surface area contributed by atoms with Crippen molar-refractivity contribution in [2.45, 2.75) is 26.8 Å². The van der Waals surface area contributed by atoms with Crippen molar-refractivity contribution in [3.8, 4) is 0 Å². The lowest BCUT2D eigenvalue weighted by molar-refractivity contribution is 0.524. The monoisotopic (exact) mass is 266 g/mol. The number of rotatable bonds is 2. The van der Waals surface area contributed by atoms with Crippen LogP contribution in [0, 0.1) is 20.8 Å². The molecule has 2 aromatic heterocycles. The lowest BCUT2D eigenvalue weighted by atomic mass is 9.98. The molecule has 20 heavy (non-hydrogen) atoms. The predicted molar refractivity (Wildman–Crippen MR) is 80.7 cm³/mol. The summed E-state index contributed by atoms with van der Waals surface area (Å²) >= 11 is 0. The molecule has 0 saturated heterocycles. The van der Waals surface area contributed by atoms with Gasteiger partial charge in [0, 0.05) is 11.8 Å².